The highest BCUT2D eigenvalue weighted by molar-refractivity contribution is 5.78. The van der Waals surface area contributed by atoms with Crippen molar-refractivity contribution in [1.82, 2.24) is 10.2 Å². The number of hydrogen-bond donors (Lipinski definition) is 1. The fourth-order valence-electron chi connectivity index (χ4n) is 3.78. The Morgan fingerprint density at radius 1 is 1.24 bits per heavy atom. The van der Waals surface area contributed by atoms with Crippen LogP contribution in [0.3, 0.4) is 0 Å². The van der Waals surface area contributed by atoms with Crippen LogP contribution in [0.25, 0.3) is 0 Å². The molecular formula is C17H32N2O2. The van der Waals surface area contributed by atoms with E-state index in [2.05, 4.69) is 24.1 Å². The zero-order chi connectivity index (χ0) is 15.5. The number of piperidine rings is 1. The number of ether oxygens (including phenoxy) is 1. The summed E-state index contributed by atoms with van der Waals surface area (Å²) in [4.78, 5) is 14.1. The van der Waals surface area contributed by atoms with E-state index < -0.39 is 0 Å². The monoisotopic (exact) mass is 296 g/mol. The molecule has 0 aromatic rings. The quantitative estimate of drug-likeness (QED) is 0.818. The summed E-state index contributed by atoms with van der Waals surface area (Å²) in [6, 6.07) is 0.238. The topological polar surface area (TPSA) is 41.6 Å². The minimum atomic E-state index is 0.165. The second kappa shape index (κ2) is 7.10. The van der Waals surface area contributed by atoms with Gasteiger partial charge in [-0.25, -0.2) is 0 Å². The molecule has 0 aromatic heterocycles. The van der Waals surface area contributed by atoms with E-state index in [0.29, 0.717) is 18.1 Å². The molecule has 1 heterocycles. The molecule has 4 nitrogen and oxygen atoms in total. The summed E-state index contributed by atoms with van der Waals surface area (Å²) >= 11 is 0. The third-order valence-corrected chi connectivity index (χ3v) is 4.84. The molecule has 0 bridgehead atoms. The molecule has 1 spiro atoms. The maximum absolute atomic E-state index is 11.8. The van der Waals surface area contributed by atoms with Gasteiger partial charge in [-0.3, -0.25) is 9.69 Å². The smallest absolute Gasteiger partial charge is 0.234 e. The van der Waals surface area contributed by atoms with Crippen molar-refractivity contribution in [3.8, 4) is 0 Å². The highest BCUT2D eigenvalue weighted by atomic mass is 16.5. The Balaban J connectivity index is 1.64. The largest absolute Gasteiger partial charge is 0.379 e. The van der Waals surface area contributed by atoms with Gasteiger partial charge >= 0.3 is 0 Å². The minimum absolute atomic E-state index is 0.165. The summed E-state index contributed by atoms with van der Waals surface area (Å²) in [5.41, 5.74) is 0.566. The van der Waals surface area contributed by atoms with Crippen molar-refractivity contribution in [1.29, 1.82) is 0 Å². The molecule has 2 aliphatic rings. The number of nitrogens with zero attached hydrogens (tertiary/aromatic N) is 1. The number of carbonyl (C=O) groups is 1. The lowest BCUT2D eigenvalue weighted by Crippen LogP contribution is -2.50. The fraction of sp³-hybridized carbons (Fsp3) is 0.941. The Morgan fingerprint density at radius 2 is 1.86 bits per heavy atom. The van der Waals surface area contributed by atoms with Gasteiger partial charge < -0.3 is 10.1 Å². The van der Waals surface area contributed by atoms with Gasteiger partial charge in [-0.15, -0.1) is 0 Å². The zero-order valence-corrected chi connectivity index (χ0v) is 14.2. The Labute approximate surface area is 129 Å². The molecule has 4 heteroatoms. The first-order chi connectivity index (χ1) is 9.88. The van der Waals surface area contributed by atoms with E-state index in [-0.39, 0.29) is 11.9 Å². The van der Waals surface area contributed by atoms with E-state index in [9.17, 15) is 4.79 Å². The van der Waals surface area contributed by atoms with Crippen molar-refractivity contribution in [2.24, 2.45) is 11.3 Å². The Hall–Kier alpha value is -0.610. The van der Waals surface area contributed by atoms with Crippen molar-refractivity contribution in [2.45, 2.75) is 65.5 Å². The summed E-state index contributed by atoms with van der Waals surface area (Å²) in [5.74, 6) is 0.931. The van der Waals surface area contributed by atoms with Gasteiger partial charge in [0, 0.05) is 12.6 Å². The van der Waals surface area contributed by atoms with Gasteiger partial charge in [0.15, 0.2) is 0 Å². The first-order valence-electron chi connectivity index (χ1n) is 8.52. The summed E-state index contributed by atoms with van der Waals surface area (Å²) in [7, 11) is 0. The average molecular weight is 296 g/mol. The standard InChI is InChI=1S/C17H32N2O2/c1-13(2)18-16(20)11-19-7-5-17(6-8-19)9-15(10-17)12-21-14(3)4/h13-15H,5-12H2,1-4H3,(H,18,20). The average Bonchev–Trinajstić information content (AvgIpc) is 2.34. The lowest BCUT2D eigenvalue weighted by molar-refractivity contribution is -0.124. The molecule has 1 saturated carbocycles. The van der Waals surface area contributed by atoms with Crippen LogP contribution in [0, 0.1) is 11.3 Å². The number of likely N-dealkylation sites (tertiary alicyclic amines) is 1. The van der Waals surface area contributed by atoms with Gasteiger partial charge in [-0.1, -0.05) is 0 Å². The van der Waals surface area contributed by atoms with E-state index in [1.165, 1.54) is 25.7 Å². The third-order valence-electron chi connectivity index (χ3n) is 4.84. The van der Waals surface area contributed by atoms with Gasteiger partial charge in [-0.2, -0.15) is 0 Å². The Morgan fingerprint density at radius 3 is 2.38 bits per heavy atom. The molecule has 0 aromatic carbocycles. The van der Waals surface area contributed by atoms with Crippen LogP contribution in [0.15, 0.2) is 0 Å². The summed E-state index contributed by atoms with van der Waals surface area (Å²) in [6.45, 7) is 11.9. The summed E-state index contributed by atoms with van der Waals surface area (Å²) in [6.07, 6.45) is 5.50. The fourth-order valence-corrected chi connectivity index (χ4v) is 3.78. The molecule has 0 radical (unpaired) electrons. The summed E-state index contributed by atoms with van der Waals surface area (Å²) in [5, 5.41) is 2.98. The van der Waals surface area contributed by atoms with Crippen LogP contribution in [0.1, 0.15) is 53.4 Å². The molecule has 1 aliphatic carbocycles. The second-order valence-corrected chi connectivity index (χ2v) is 7.65. The zero-order valence-electron chi connectivity index (χ0n) is 14.2. The molecule has 1 aliphatic heterocycles. The lowest BCUT2D eigenvalue weighted by Gasteiger charge is -2.52. The highest BCUT2D eigenvalue weighted by Crippen LogP contribution is 2.52. The highest BCUT2D eigenvalue weighted by Gasteiger charge is 2.45. The first-order valence-corrected chi connectivity index (χ1v) is 8.52. The molecule has 2 fully saturated rings. The lowest BCUT2D eigenvalue weighted by atomic mass is 9.58. The van der Waals surface area contributed by atoms with Crippen LogP contribution in [-0.4, -0.2) is 49.2 Å². The molecule has 0 atom stereocenters. The van der Waals surface area contributed by atoms with E-state index in [0.717, 1.165) is 25.6 Å². The maximum atomic E-state index is 11.8. The van der Waals surface area contributed by atoms with Crippen LogP contribution in [-0.2, 0) is 9.53 Å². The molecule has 2 rings (SSSR count). The SMILES string of the molecule is CC(C)NC(=O)CN1CCC2(CC1)CC(COC(C)C)C2. The number of hydrogen-bond acceptors (Lipinski definition) is 3. The van der Waals surface area contributed by atoms with Crippen LogP contribution < -0.4 is 5.32 Å². The first kappa shape index (κ1) is 16.8. The van der Waals surface area contributed by atoms with Crippen LogP contribution >= 0.6 is 0 Å². The van der Waals surface area contributed by atoms with E-state index >= 15 is 0 Å². The second-order valence-electron chi connectivity index (χ2n) is 7.65. The molecule has 122 valence electrons. The maximum Gasteiger partial charge on any atom is 0.234 e. The van der Waals surface area contributed by atoms with Crippen LogP contribution in [0.2, 0.25) is 0 Å². The molecule has 1 saturated heterocycles. The van der Waals surface area contributed by atoms with Crippen molar-refractivity contribution in [2.75, 3.05) is 26.2 Å². The van der Waals surface area contributed by atoms with Crippen molar-refractivity contribution in [3.63, 3.8) is 0 Å². The Bertz CT molecular complexity index is 339. The van der Waals surface area contributed by atoms with E-state index in [1.807, 2.05) is 13.8 Å². The molecule has 0 unspecified atom stereocenters. The van der Waals surface area contributed by atoms with Crippen molar-refractivity contribution < 1.29 is 9.53 Å². The molecule has 1 amide bonds. The predicted octanol–water partition coefficient (Wildman–Crippen LogP) is 2.43. The van der Waals surface area contributed by atoms with Gasteiger partial charge in [-0.05, 0) is 77.8 Å². The molecule has 21 heavy (non-hydrogen) atoms. The van der Waals surface area contributed by atoms with Crippen molar-refractivity contribution >= 4 is 5.91 Å². The van der Waals surface area contributed by atoms with E-state index in [4.69, 9.17) is 4.74 Å². The summed E-state index contributed by atoms with van der Waals surface area (Å²) < 4.78 is 5.73. The van der Waals surface area contributed by atoms with E-state index in [1.54, 1.807) is 0 Å². The minimum Gasteiger partial charge on any atom is -0.379 e. The van der Waals surface area contributed by atoms with Gasteiger partial charge in [0.2, 0.25) is 5.91 Å². The van der Waals surface area contributed by atoms with Crippen molar-refractivity contribution in [3.05, 3.63) is 0 Å². The molecular weight excluding hydrogens is 264 g/mol. The number of rotatable bonds is 6. The predicted molar refractivity (Wildman–Crippen MR) is 85.2 cm³/mol. The van der Waals surface area contributed by atoms with Gasteiger partial charge in [0.05, 0.1) is 12.6 Å². The van der Waals surface area contributed by atoms with Gasteiger partial charge in [0.25, 0.3) is 0 Å². The number of nitrogens with one attached hydrogen (secondary N) is 1. The normalized spacial score (nSPS) is 22.8. The number of carbonyl (C=O) groups excluding carboxylic acids is 1. The van der Waals surface area contributed by atoms with Gasteiger partial charge in [0.1, 0.15) is 0 Å². The Kier molecular flexibility index (Phi) is 5.67. The third kappa shape index (κ3) is 4.96. The number of amides is 1. The van der Waals surface area contributed by atoms with Crippen LogP contribution in [0.5, 0.6) is 0 Å². The molecule has 1 N–H and O–H groups in total. The van der Waals surface area contributed by atoms with Crippen LogP contribution in [0.4, 0.5) is 0 Å².